The van der Waals surface area contributed by atoms with Gasteiger partial charge in [-0.3, -0.25) is 4.79 Å². The lowest BCUT2D eigenvalue weighted by Gasteiger charge is -2.36. The molecule has 0 bridgehead atoms. The molecule has 5 rings (SSSR count). The van der Waals surface area contributed by atoms with Gasteiger partial charge in [0.05, 0.1) is 0 Å². The van der Waals surface area contributed by atoms with E-state index in [1.807, 2.05) is 80.3 Å². The molecule has 9 heteroatoms. The van der Waals surface area contributed by atoms with Crippen molar-refractivity contribution in [3.63, 3.8) is 0 Å². The predicted molar refractivity (Wildman–Crippen MR) is 173 cm³/mol. The molecule has 0 saturated carbocycles. The summed E-state index contributed by atoms with van der Waals surface area (Å²) in [6.45, 7) is 6.77. The Kier molecular flexibility index (Phi) is 9.31. The first kappa shape index (κ1) is 30.1. The zero-order chi connectivity index (χ0) is 30.4. The van der Waals surface area contributed by atoms with Crippen LogP contribution in [0.25, 0.3) is 27.3 Å². The average molecular weight is 599 g/mol. The first-order chi connectivity index (χ1) is 20.7. The van der Waals surface area contributed by atoms with Crippen molar-refractivity contribution in [2.75, 3.05) is 18.8 Å². The van der Waals surface area contributed by atoms with Crippen LogP contribution in [0, 0.1) is 0 Å². The molecule has 1 saturated heterocycles. The number of nitrogens with one attached hydrogen (secondary N) is 1. The largest absolute Gasteiger partial charge is 0.457 e. The van der Waals surface area contributed by atoms with Crippen molar-refractivity contribution in [3.8, 4) is 22.6 Å². The summed E-state index contributed by atoms with van der Waals surface area (Å²) in [5.74, 6) is 1.77. The zero-order valence-electron chi connectivity index (χ0n) is 24.8. The molecule has 2 amide bonds. The van der Waals surface area contributed by atoms with Crippen LogP contribution in [0.15, 0.2) is 72.3 Å². The lowest BCUT2D eigenvalue weighted by molar-refractivity contribution is -0.116. The number of pyridine rings is 1. The highest BCUT2D eigenvalue weighted by molar-refractivity contribution is 7.18. The summed E-state index contributed by atoms with van der Waals surface area (Å²) in [5.41, 5.74) is 8.60. The van der Waals surface area contributed by atoms with E-state index < -0.39 is 5.60 Å². The Labute approximate surface area is 256 Å². The number of para-hydroxylation sites is 1. The third kappa shape index (κ3) is 7.73. The molecular formula is C34H38N4O4S. The fraction of sp³-hybridized carbons (Fsp3) is 0.324. The Morgan fingerprint density at radius 1 is 1.09 bits per heavy atom. The molecule has 0 spiro atoms. The molecule has 0 radical (unpaired) electrons. The number of rotatable bonds is 8. The van der Waals surface area contributed by atoms with E-state index in [1.54, 1.807) is 23.6 Å². The molecule has 1 aliphatic heterocycles. The Bertz CT molecular complexity index is 1590. The van der Waals surface area contributed by atoms with Crippen molar-refractivity contribution < 1.29 is 19.1 Å². The third-order valence-electron chi connectivity index (χ3n) is 7.24. The van der Waals surface area contributed by atoms with Crippen LogP contribution < -0.4 is 15.8 Å². The predicted octanol–water partition coefficient (Wildman–Crippen LogP) is 7.65. The number of piperidine rings is 1. The van der Waals surface area contributed by atoms with Crippen molar-refractivity contribution in [1.82, 2.24) is 15.2 Å². The normalized spacial score (nSPS) is 15.5. The van der Waals surface area contributed by atoms with Crippen LogP contribution in [0.1, 0.15) is 52.0 Å². The Balaban J connectivity index is 1.22. The van der Waals surface area contributed by atoms with E-state index in [0.717, 1.165) is 57.5 Å². The molecule has 3 heterocycles. The van der Waals surface area contributed by atoms with E-state index in [1.165, 1.54) is 6.08 Å². The number of nitrogen functional groups attached to an aromatic ring is 1. The monoisotopic (exact) mass is 598 g/mol. The molecule has 8 nitrogen and oxygen atoms in total. The number of ether oxygens (including phenoxy) is 2. The molecule has 43 heavy (non-hydrogen) atoms. The van der Waals surface area contributed by atoms with Gasteiger partial charge in [0.1, 0.15) is 22.9 Å². The molecule has 1 aliphatic rings. The van der Waals surface area contributed by atoms with Gasteiger partial charge in [-0.15, -0.1) is 11.3 Å². The summed E-state index contributed by atoms with van der Waals surface area (Å²) >= 11 is 1.57. The topological polar surface area (TPSA) is 107 Å². The second-order valence-electron chi connectivity index (χ2n) is 11.6. The number of nitrogens with two attached hydrogens (primary N) is 1. The Morgan fingerprint density at radius 3 is 2.58 bits per heavy atom. The summed E-state index contributed by atoms with van der Waals surface area (Å²) in [6, 6.07) is 17.6. The quantitative estimate of drug-likeness (QED) is 0.202. The van der Waals surface area contributed by atoms with Gasteiger partial charge < -0.3 is 25.4 Å². The van der Waals surface area contributed by atoms with Gasteiger partial charge in [0.25, 0.3) is 0 Å². The summed E-state index contributed by atoms with van der Waals surface area (Å²) in [7, 11) is 0. The lowest BCUT2D eigenvalue weighted by atomic mass is 10.00. The van der Waals surface area contributed by atoms with Gasteiger partial charge in [-0.1, -0.05) is 30.3 Å². The van der Waals surface area contributed by atoms with Crippen molar-refractivity contribution in [2.45, 2.75) is 58.1 Å². The molecular weight excluding hydrogens is 560 g/mol. The smallest absolute Gasteiger partial charge is 0.410 e. The van der Waals surface area contributed by atoms with Crippen LogP contribution in [0.3, 0.4) is 0 Å². The number of aromatic nitrogens is 1. The van der Waals surface area contributed by atoms with Crippen LogP contribution in [0.5, 0.6) is 11.5 Å². The van der Waals surface area contributed by atoms with Gasteiger partial charge >= 0.3 is 6.09 Å². The van der Waals surface area contributed by atoms with E-state index in [9.17, 15) is 9.59 Å². The van der Waals surface area contributed by atoms with Crippen LogP contribution in [0.4, 0.5) is 10.6 Å². The van der Waals surface area contributed by atoms with Crippen LogP contribution in [-0.2, 0) is 9.53 Å². The highest BCUT2D eigenvalue weighted by atomic mass is 32.1. The lowest BCUT2D eigenvalue weighted by Crippen LogP contribution is -2.47. The van der Waals surface area contributed by atoms with Gasteiger partial charge in [-0.05, 0) is 87.7 Å². The second kappa shape index (κ2) is 13.3. The van der Waals surface area contributed by atoms with Gasteiger partial charge in [0, 0.05) is 52.6 Å². The average Bonchev–Trinajstić information content (AvgIpc) is 3.44. The minimum atomic E-state index is -0.536. The fourth-order valence-electron chi connectivity index (χ4n) is 5.19. The number of nitrogens with zero attached hydrogens (tertiary/aromatic N) is 2. The molecule has 1 fully saturated rings. The Hall–Kier alpha value is -4.37. The number of carbonyl (C=O) groups excluding carboxylic acids is 2. The van der Waals surface area contributed by atoms with Crippen molar-refractivity contribution >= 4 is 45.3 Å². The van der Waals surface area contributed by atoms with E-state index in [0.29, 0.717) is 25.3 Å². The van der Waals surface area contributed by atoms with Crippen LogP contribution in [-0.4, -0.2) is 46.6 Å². The van der Waals surface area contributed by atoms with Crippen LogP contribution in [0.2, 0.25) is 0 Å². The minimum absolute atomic E-state index is 0.0531. The molecule has 3 N–H and O–H groups in total. The van der Waals surface area contributed by atoms with E-state index in [2.05, 4.69) is 15.7 Å². The van der Waals surface area contributed by atoms with Crippen molar-refractivity contribution in [2.24, 2.45) is 0 Å². The third-order valence-corrected chi connectivity index (χ3v) is 8.27. The molecule has 2 aromatic heterocycles. The number of fused-ring (bicyclic) bond motifs is 1. The molecule has 224 valence electrons. The summed E-state index contributed by atoms with van der Waals surface area (Å²) in [4.78, 5) is 31.6. The highest BCUT2D eigenvalue weighted by Crippen LogP contribution is 2.39. The SMILES string of the molecule is CC(C)(C)OC(=O)N1CCCCC1CCNC(=O)C=Cc1cnc(N)c2c(-c3ccc(Oc4ccccc4)cc3)csc12. The highest BCUT2D eigenvalue weighted by Gasteiger charge is 2.30. The maximum Gasteiger partial charge on any atom is 0.410 e. The molecule has 1 unspecified atom stereocenters. The minimum Gasteiger partial charge on any atom is -0.457 e. The van der Waals surface area contributed by atoms with Gasteiger partial charge in [-0.2, -0.15) is 0 Å². The van der Waals surface area contributed by atoms with Crippen molar-refractivity contribution in [3.05, 3.63) is 77.8 Å². The van der Waals surface area contributed by atoms with Gasteiger partial charge in [0.2, 0.25) is 5.91 Å². The number of likely N-dealkylation sites (tertiary alicyclic amines) is 1. The number of carbonyl (C=O) groups is 2. The summed E-state index contributed by atoms with van der Waals surface area (Å²) in [6.07, 6.45) is 8.32. The maximum atomic E-state index is 12.7. The number of thiophene rings is 1. The van der Waals surface area contributed by atoms with E-state index in [-0.39, 0.29) is 18.0 Å². The summed E-state index contributed by atoms with van der Waals surface area (Å²) in [5, 5.41) is 5.89. The molecule has 1 atom stereocenters. The van der Waals surface area contributed by atoms with Crippen molar-refractivity contribution in [1.29, 1.82) is 0 Å². The fourth-order valence-corrected chi connectivity index (χ4v) is 6.27. The standard InChI is InChI=1S/C34H38N4O4S/c1-34(2,3)42-33(40)38-20-8-7-9-25(38)18-19-36-29(39)17-14-24-21-37-32(35)30-28(22-43-31(24)30)23-12-15-27(16-13-23)41-26-10-5-4-6-11-26/h4-6,10-17,21-22,25H,7-9,18-20H2,1-3H3,(H2,35,37)(H,36,39). The zero-order valence-corrected chi connectivity index (χ0v) is 25.7. The second-order valence-corrected chi connectivity index (χ2v) is 12.5. The van der Waals surface area contributed by atoms with E-state index >= 15 is 0 Å². The van der Waals surface area contributed by atoms with Gasteiger partial charge in [0.15, 0.2) is 0 Å². The molecule has 0 aliphatic carbocycles. The number of benzene rings is 2. The van der Waals surface area contributed by atoms with Crippen LogP contribution >= 0.6 is 11.3 Å². The first-order valence-electron chi connectivity index (χ1n) is 14.6. The summed E-state index contributed by atoms with van der Waals surface area (Å²) < 4.78 is 12.5. The molecule has 4 aromatic rings. The van der Waals surface area contributed by atoms with E-state index in [4.69, 9.17) is 15.2 Å². The van der Waals surface area contributed by atoms with Gasteiger partial charge in [-0.25, -0.2) is 9.78 Å². The molecule has 2 aromatic carbocycles. The number of hydrogen-bond acceptors (Lipinski definition) is 7. The number of hydrogen-bond donors (Lipinski definition) is 2. The Morgan fingerprint density at radius 2 is 1.84 bits per heavy atom. The first-order valence-corrected chi connectivity index (χ1v) is 15.5. The maximum absolute atomic E-state index is 12.7. The number of amides is 2. The number of anilines is 1.